The zero-order chi connectivity index (χ0) is 15.4. The summed E-state index contributed by atoms with van der Waals surface area (Å²) in [5.74, 6) is -0.311. The normalized spacial score (nSPS) is 35.3. The van der Waals surface area contributed by atoms with E-state index in [9.17, 15) is 9.18 Å². The van der Waals surface area contributed by atoms with Crippen LogP contribution in [0.4, 0.5) is 4.39 Å². The Hall–Kier alpha value is -1.67. The second-order valence-electron chi connectivity index (χ2n) is 6.84. The summed E-state index contributed by atoms with van der Waals surface area (Å²) in [4.78, 5) is 12.5. The highest BCUT2D eigenvalue weighted by molar-refractivity contribution is 5.84. The molecule has 2 heterocycles. The van der Waals surface area contributed by atoms with Gasteiger partial charge in [-0.05, 0) is 38.0 Å². The van der Waals surface area contributed by atoms with Crippen molar-refractivity contribution in [3.05, 3.63) is 23.3 Å². The molecule has 2 saturated heterocycles. The smallest absolute Gasteiger partial charge is 0.244 e. The first kappa shape index (κ1) is 14.3. The molecule has 1 amide bonds. The van der Waals surface area contributed by atoms with Crippen molar-refractivity contribution in [1.82, 2.24) is 10.0 Å². The lowest BCUT2D eigenvalue weighted by Crippen LogP contribution is -2.41. The van der Waals surface area contributed by atoms with Gasteiger partial charge in [0.05, 0.1) is 17.5 Å². The molecule has 1 aliphatic carbocycles. The largest absolute Gasteiger partial charge is 0.273 e. The van der Waals surface area contributed by atoms with Gasteiger partial charge >= 0.3 is 0 Å². The van der Waals surface area contributed by atoms with Gasteiger partial charge in [-0.15, -0.1) is 0 Å². The number of hydrogen-bond donors (Lipinski definition) is 0. The molecular weight excluding hydrogens is 269 g/mol. The number of nitrogens with zero attached hydrogens (tertiary/aromatic N) is 3. The van der Waals surface area contributed by atoms with Crippen LogP contribution in [0.3, 0.4) is 0 Å². The standard InChI is InChI=1S/C16H20FN3O/c1-10-12(8-18)6-11(7-13(10)17)14-4-5-19-9-16(2,3)15(21)20(14)19/h6-7,10,13-14H,4-5,9H2,1-3H3/t10?,13?,14-/m1/s1. The van der Waals surface area contributed by atoms with Crippen LogP contribution in [0.25, 0.3) is 0 Å². The SMILES string of the molecule is CC1C(C#N)=CC([C@H]2CCN3CC(C)(C)C(=O)N23)=CC1F. The van der Waals surface area contributed by atoms with Gasteiger partial charge in [0, 0.05) is 24.6 Å². The van der Waals surface area contributed by atoms with E-state index >= 15 is 0 Å². The average molecular weight is 289 g/mol. The van der Waals surface area contributed by atoms with Gasteiger partial charge in [-0.2, -0.15) is 5.26 Å². The lowest BCUT2D eigenvalue weighted by Gasteiger charge is -2.29. The highest BCUT2D eigenvalue weighted by Crippen LogP contribution is 2.40. The Labute approximate surface area is 124 Å². The molecule has 2 fully saturated rings. The molecule has 2 unspecified atom stereocenters. The van der Waals surface area contributed by atoms with Crippen molar-refractivity contribution >= 4 is 5.91 Å². The molecule has 112 valence electrons. The first-order valence-electron chi connectivity index (χ1n) is 7.41. The van der Waals surface area contributed by atoms with Crippen LogP contribution in [0, 0.1) is 22.7 Å². The molecule has 0 N–H and O–H groups in total. The van der Waals surface area contributed by atoms with E-state index in [0.717, 1.165) is 18.5 Å². The number of carbonyl (C=O) groups excluding carboxylic acids is 1. The van der Waals surface area contributed by atoms with Gasteiger partial charge in [-0.3, -0.25) is 9.80 Å². The lowest BCUT2D eigenvalue weighted by molar-refractivity contribution is -0.140. The third-order valence-corrected chi connectivity index (χ3v) is 4.78. The van der Waals surface area contributed by atoms with Gasteiger partial charge < -0.3 is 0 Å². The van der Waals surface area contributed by atoms with Crippen LogP contribution in [0.1, 0.15) is 27.2 Å². The van der Waals surface area contributed by atoms with Crippen molar-refractivity contribution in [2.75, 3.05) is 13.1 Å². The van der Waals surface area contributed by atoms with E-state index < -0.39 is 17.5 Å². The number of hydrogen-bond acceptors (Lipinski definition) is 3. The van der Waals surface area contributed by atoms with Crippen molar-refractivity contribution in [2.24, 2.45) is 11.3 Å². The number of nitriles is 1. The topological polar surface area (TPSA) is 47.3 Å². The average Bonchev–Trinajstić information content (AvgIpc) is 2.92. The minimum atomic E-state index is -1.15. The Morgan fingerprint density at radius 1 is 1.48 bits per heavy atom. The maximum absolute atomic E-state index is 14.1. The number of rotatable bonds is 1. The quantitative estimate of drug-likeness (QED) is 0.743. The van der Waals surface area contributed by atoms with Crippen molar-refractivity contribution < 1.29 is 9.18 Å². The summed E-state index contributed by atoms with van der Waals surface area (Å²) in [6, 6.07) is 1.96. The third-order valence-electron chi connectivity index (χ3n) is 4.78. The second kappa shape index (κ2) is 4.67. The monoisotopic (exact) mass is 289 g/mol. The molecule has 21 heavy (non-hydrogen) atoms. The second-order valence-corrected chi connectivity index (χ2v) is 6.84. The van der Waals surface area contributed by atoms with Crippen LogP contribution < -0.4 is 0 Å². The molecule has 3 rings (SSSR count). The van der Waals surface area contributed by atoms with Gasteiger partial charge in [0.25, 0.3) is 0 Å². The molecule has 3 atom stereocenters. The maximum Gasteiger partial charge on any atom is 0.244 e. The fraction of sp³-hybridized carbons (Fsp3) is 0.625. The summed E-state index contributed by atoms with van der Waals surface area (Å²) in [7, 11) is 0. The highest BCUT2D eigenvalue weighted by atomic mass is 19.1. The van der Waals surface area contributed by atoms with Crippen LogP contribution in [-0.2, 0) is 4.79 Å². The molecule has 0 aromatic carbocycles. The molecule has 0 spiro atoms. The summed E-state index contributed by atoms with van der Waals surface area (Å²) in [5.41, 5.74) is 0.841. The third kappa shape index (κ3) is 2.09. The maximum atomic E-state index is 14.1. The van der Waals surface area contributed by atoms with Crippen molar-refractivity contribution in [1.29, 1.82) is 5.26 Å². The van der Waals surface area contributed by atoms with Crippen molar-refractivity contribution in [3.8, 4) is 6.07 Å². The van der Waals surface area contributed by atoms with Gasteiger partial charge in [0.2, 0.25) is 5.91 Å². The van der Waals surface area contributed by atoms with Crippen LogP contribution in [0.2, 0.25) is 0 Å². The summed E-state index contributed by atoms with van der Waals surface area (Å²) in [5, 5.41) is 13.0. The fourth-order valence-electron chi connectivity index (χ4n) is 3.47. The molecular formula is C16H20FN3O. The number of fused-ring (bicyclic) bond motifs is 1. The molecule has 0 saturated carbocycles. The molecule has 0 aromatic rings. The number of hydrazine groups is 1. The molecule has 2 aliphatic heterocycles. The molecule has 3 aliphatic rings. The Balaban J connectivity index is 1.92. The van der Waals surface area contributed by atoms with Crippen LogP contribution in [0.15, 0.2) is 23.3 Å². The Kier molecular flexibility index (Phi) is 3.18. The molecule has 0 radical (unpaired) electrons. The van der Waals surface area contributed by atoms with E-state index in [1.54, 1.807) is 24.1 Å². The van der Waals surface area contributed by atoms with E-state index in [0.29, 0.717) is 12.1 Å². The molecule has 5 heteroatoms. The van der Waals surface area contributed by atoms with Gasteiger partial charge in [0.1, 0.15) is 6.17 Å². The van der Waals surface area contributed by atoms with Gasteiger partial charge in [-0.25, -0.2) is 9.40 Å². The first-order chi connectivity index (χ1) is 9.85. The zero-order valence-electron chi connectivity index (χ0n) is 12.6. The number of carbonyl (C=O) groups is 1. The van der Waals surface area contributed by atoms with Crippen LogP contribution in [0.5, 0.6) is 0 Å². The predicted molar refractivity (Wildman–Crippen MR) is 76.4 cm³/mol. The minimum absolute atomic E-state index is 0.0897. The Morgan fingerprint density at radius 2 is 2.19 bits per heavy atom. The summed E-state index contributed by atoms with van der Waals surface area (Å²) < 4.78 is 14.1. The number of alkyl halides is 1. The molecule has 4 nitrogen and oxygen atoms in total. The van der Waals surface area contributed by atoms with E-state index in [2.05, 4.69) is 11.1 Å². The van der Waals surface area contributed by atoms with Gasteiger partial charge in [-0.1, -0.05) is 6.92 Å². The lowest BCUT2D eigenvalue weighted by atomic mass is 9.85. The van der Waals surface area contributed by atoms with Crippen LogP contribution in [-0.4, -0.2) is 41.2 Å². The van der Waals surface area contributed by atoms with Gasteiger partial charge in [0.15, 0.2) is 0 Å². The highest BCUT2D eigenvalue weighted by Gasteiger charge is 2.51. The minimum Gasteiger partial charge on any atom is -0.273 e. The van der Waals surface area contributed by atoms with E-state index in [-0.39, 0.29) is 11.9 Å². The van der Waals surface area contributed by atoms with E-state index in [1.165, 1.54) is 0 Å². The summed E-state index contributed by atoms with van der Waals surface area (Å²) in [6.07, 6.45) is 3.00. The van der Waals surface area contributed by atoms with E-state index in [4.69, 9.17) is 5.26 Å². The number of allylic oxidation sites excluding steroid dienone is 2. The van der Waals surface area contributed by atoms with E-state index in [1.807, 2.05) is 13.8 Å². The fourth-order valence-corrected chi connectivity index (χ4v) is 3.47. The van der Waals surface area contributed by atoms with Crippen molar-refractivity contribution in [2.45, 2.75) is 39.4 Å². The van der Waals surface area contributed by atoms with Crippen LogP contribution >= 0.6 is 0 Å². The summed E-state index contributed by atoms with van der Waals surface area (Å²) >= 11 is 0. The molecule has 0 bridgehead atoms. The number of amides is 1. The number of halogens is 1. The summed E-state index contributed by atoms with van der Waals surface area (Å²) in [6.45, 7) is 7.12. The first-order valence-corrected chi connectivity index (χ1v) is 7.41. The predicted octanol–water partition coefficient (Wildman–Crippen LogP) is 2.21. The zero-order valence-corrected chi connectivity index (χ0v) is 12.6. The van der Waals surface area contributed by atoms with Crippen molar-refractivity contribution in [3.63, 3.8) is 0 Å². The Morgan fingerprint density at radius 3 is 2.86 bits per heavy atom. The molecule has 0 aromatic heterocycles. The Bertz CT molecular complexity index is 587.